The van der Waals surface area contributed by atoms with E-state index < -0.39 is 0 Å². The van der Waals surface area contributed by atoms with Gasteiger partial charge in [-0.1, -0.05) is 31.8 Å². The Morgan fingerprint density at radius 1 is 1.32 bits per heavy atom. The molecule has 0 aromatic carbocycles. The maximum atomic E-state index is 12.9. The fraction of sp³-hybridized carbons (Fsp3) is 0.842. The van der Waals surface area contributed by atoms with E-state index in [2.05, 4.69) is 10.1 Å². The highest BCUT2D eigenvalue weighted by molar-refractivity contribution is 5.76. The lowest BCUT2D eigenvalue weighted by molar-refractivity contribution is -0.134. The van der Waals surface area contributed by atoms with Crippen LogP contribution in [0.2, 0.25) is 0 Å². The van der Waals surface area contributed by atoms with Crippen LogP contribution in [0.1, 0.15) is 88.9 Å². The smallest absolute Gasteiger partial charge is 0.229 e. The summed E-state index contributed by atoms with van der Waals surface area (Å²) in [6.45, 7) is 4.89. The van der Waals surface area contributed by atoms with Gasteiger partial charge in [0, 0.05) is 26.0 Å². The standard InChI is InChI=1S/C19H31N3O3/c1-13(2)19-20-18(21-25-19)16-7-5-4-6-10-22(16)17(23)9-8-14-11-15(12-14)24-3/h13-16H,4-12H2,1-3H3. The molecule has 6 heteroatoms. The predicted octanol–water partition coefficient (Wildman–Crippen LogP) is 3.84. The average molecular weight is 349 g/mol. The number of nitrogens with zero attached hydrogens (tertiary/aromatic N) is 3. The zero-order chi connectivity index (χ0) is 17.8. The van der Waals surface area contributed by atoms with Crippen LogP contribution in [-0.2, 0) is 9.53 Å². The first-order valence-corrected chi connectivity index (χ1v) is 9.74. The van der Waals surface area contributed by atoms with E-state index in [4.69, 9.17) is 9.26 Å². The molecule has 0 bridgehead atoms. The number of aromatic nitrogens is 2. The summed E-state index contributed by atoms with van der Waals surface area (Å²) in [4.78, 5) is 19.5. The number of carbonyl (C=O) groups excluding carboxylic acids is 1. The van der Waals surface area contributed by atoms with Crippen LogP contribution in [0.5, 0.6) is 0 Å². The molecule has 1 saturated heterocycles. The molecule has 0 radical (unpaired) electrons. The summed E-state index contributed by atoms with van der Waals surface area (Å²) in [7, 11) is 1.77. The molecule has 1 amide bonds. The second-order valence-corrected chi connectivity index (χ2v) is 7.83. The monoisotopic (exact) mass is 349 g/mol. The highest BCUT2D eigenvalue weighted by Gasteiger charge is 2.33. The maximum absolute atomic E-state index is 12.9. The largest absolute Gasteiger partial charge is 0.381 e. The lowest BCUT2D eigenvalue weighted by Gasteiger charge is -2.35. The van der Waals surface area contributed by atoms with E-state index in [9.17, 15) is 4.79 Å². The van der Waals surface area contributed by atoms with E-state index >= 15 is 0 Å². The number of rotatable bonds is 6. The van der Waals surface area contributed by atoms with Crippen LogP contribution in [-0.4, -0.2) is 40.7 Å². The molecule has 0 spiro atoms. The van der Waals surface area contributed by atoms with E-state index in [1.165, 1.54) is 0 Å². The Bertz CT molecular complexity index is 566. The van der Waals surface area contributed by atoms with Crippen LogP contribution in [0, 0.1) is 5.92 Å². The molecule has 2 aliphatic rings. The van der Waals surface area contributed by atoms with Gasteiger partial charge in [-0.15, -0.1) is 0 Å². The quantitative estimate of drug-likeness (QED) is 0.780. The molecule has 1 aliphatic carbocycles. The molecule has 2 heterocycles. The van der Waals surface area contributed by atoms with Crippen molar-refractivity contribution in [2.45, 2.75) is 83.3 Å². The fourth-order valence-electron chi connectivity index (χ4n) is 3.87. The van der Waals surface area contributed by atoms with Crippen molar-refractivity contribution < 1.29 is 14.1 Å². The van der Waals surface area contributed by atoms with E-state index in [1.54, 1.807) is 7.11 Å². The van der Waals surface area contributed by atoms with Crippen LogP contribution in [0.4, 0.5) is 0 Å². The zero-order valence-corrected chi connectivity index (χ0v) is 15.7. The van der Waals surface area contributed by atoms with Gasteiger partial charge in [-0.05, 0) is 38.0 Å². The van der Waals surface area contributed by atoms with Crippen LogP contribution in [0.15, 0.2) is 4.52 Å². The first kappa shape index (κ1) is 18.4. The van der Waals surface area contributed by atoms with Crippen molar-refractivity contribution in [1.29, 1.82) is 0 Å². The molecular weight excluding hydrogens is 318 g/mol. The van der Waals surface area contributed by atoms with Gasteiger partial charge in [-0.3, -0.25) is 4.79 Å². The minimum Gasteiger partial charge on any atom is -0.381 e. The first-order valence-electron chi connectivity index (χ1n) is 9.74. The Morgan fingerprint density at radius 2 is 2.12 bits per heavy atom. The fourth-order valence-corrected chi connectivity index (χ4v) is 3.87. The molecule has 0 N–H and O–H groups in total. The zero-order valence-electron chi connectivity index (χ0n) is 15.7. The molecule has 6 nitrogen and oxygen atoms in total. The van der Waals surface area contributed by atoms with Gasteiger partial charge >= 0.3 is 0 Å². The van der Waals surface area contributed by atoms with Gasteiger partial charge in [-0.25, -0.2) is 0 Å². The van der Waals surface area contributed by atoms with Crippen molar-refractivity contribution in [2.75, 3.05) is 13.7 Å². The van der Waals surface area contributed by atoms with Gasteiger partial charge in [-0.2, -0.15) is 4.98 Å². The maximum Gasteiger partial charge on any atom is 0.229 e. The van der Waals surface area contributed by atoms with Crippen molar-refractivity contribution in [3.63, 3.8) is 0 Å². The number of ether oxygens (including phenoxy) is 1. The Kier molecular flexibility index (Phi) is 6.10. The molecule has 1 aromatic heterocycles. The second-order valence-electron chi connectivity index (χ2n) is 7.83. The van der Waals surface area contributed by atoms with Crippen LogP contribution < -0.4 is 0 Å². The molecule has 1 saturated carbocycles. The summed E-state index contributed by atoms with van der Waals surface area (Å²) < 4.78 is 10.7. The number of amides is 1. The lowest BCUT2D eigenvalue weighted by Crippen LogP contribution is -2.36. The molecule has 3 rings (SSSR count). The van der Waals surface area contributed by atoms with E-state index in [1.807, 2.05) is 18.7 Å². The summed E-state index contributed by atoms with van der Waals surface area (Å²) in [5, 5.41) is 4.18. The number of methoxy groups -OCH3 is 1. The van der Waals surface area contributed by atoms with Crippen molar-refractivity contribution >= 4 is 5.91 Å². The van der Waals surface area contributed by atoms with Crippen LogP contribution in [0.3, 0.4) is 0 Å². The predicted molar refractivity (Wildman–Crippen MR) is 94.1 cm³/mol. The second kappa shape index (κ2) is 8.30. The number of hydrogen-bond acceptors (Lipinski definition) is 5. The van der Waals surface area contributed by atoms with E-state index in [-0.39, 0.29) is 17.9 Å². The molecule has 1 unspecified atom stereocenters. The Balaban J connectivity index is 1.62. The third kappa shape index (κ3) is 4.40. The molecule has 1 aliphatic heterocycles. The van der Waals surface area contributed by atoms with E-state index in [0.29, 0.717) is 30.2 Å². The molecule has 25 heavy (non-hydrogen) atoms. The van der Waals surface area contributed by atoms with Crippen molar-refractivity contribution in [3.8, 4) is 0 Å². The number of likely N-dealkylation sites (tertiary alicyclic amines) is 1. The Morgan fingerprint density at radius 3 is 2.80 bits per heavy atom. The van der Waals surface area contributed by atoms with Gasteiger partial charge in [0.25, 0.3) is 0 Å². The summed E-state index contributed by atoms with van der Waals surface area (Å²) in [5.74, 6) is 2.43. The van der Waals surface area contributed by atoms with Gasteiger partial charge in [0.15, 0.2) is 5.82 Å². The average Bonchev–Trinajstić information content (AvgIpc) is 2.92. The highest BCUT2D eigenvalue weighted by Crippen LogP contribution is 2.35. The van der Waals surface area contributed by atoms with Crippen LogP contribution >= 0.6 is 0 Å². The minimum absolute atomic E-state index is 0.0284. The highest BCUT2D eigenvalue weighted by atomic mass is 16.5. The summed E-state index contributed by atoms with van der Waals surface area (Å²) in [6.07, 6.45) is 8.43. The Hall–Kier alpha value is -1.43. The molecule has 1 aromatic rings. The topological polar surface area (TPSA) is 68.5 Å². The summed E-state index contributed by atoms with van der Waals surface area (Å²) >= 11 is 0. The van der Waals surface area contributed by atoms with Crippen molar-refractivity contribution in [2.24, 2.45) is 5.92 Å². The lowest BCUT2D eigenvalue weighted by atomic mass is 9.79. The number of carbonyl (C=O) groups is 1. The third-order valence-electron chi connectivity index (χ3n) is 5.61. The number of hydrogen-bond donors (Lipinski definition) is 0. The van der Waals surface area contributed by atoms with Gasteiger partial charge in [0.05, 0.1) is 12.1 Å². The first-order chi connectivity index (χ1) is 12.1. The minimum atomic E-state index is -0.0284. The van der Waals surface area contributed by atoms with E-state index in [0.717, 1.165) is 51.5 Å². The SMILES string of the molecule is COC1CC(CCC(=O)N2CCCCCC2c2noc(C(C)C)n2)C1. The van der Waals surface area contributed by atoms with Crippen LogP contribution in [0.25, 0.3) is 0 Å². The summed E-state index contributed by atoms with van der Waals surface area (Å²) in [5.41, 5.74) is 0. The van der Waals surface area contributed by atoms with Gasteiger partial charge < -0.3 is 14.2 Å². The van der Waals surface area contributed by atoms with Crippen molar-refractivity contribution in [1.82, 2.24) is 15.0 Å². The Labute approximate surface area is 150 Å². The summed E-state index contributed by atoms with van der Waals surface area (Å²) in [6, 6.07) is -0.0284. The third-order valence-corrected chi connectivity index (χ3v) is 5.61. The van der Waals surface area contributed by atoms with Crippen molar-refractivity contribution in [3.05, 3.63) is 11.7 Å². The molecule has 140 valence electrons. The molecular formula is C19H31N3O3. The normalized spacial score (nSPS) is 27.2. The van der Waals surface area contributed by atoms with Gasteiger partial charge in [0.2, 0.25) is 11.8 Å². The molecule has 1 atom stereocenters. The molecule has 2 fully saturated rings. The van der Waals surface area contributed by atoms with Gasteiger partial charge in [0.1, 0.15) is 0 Å².